The van der Waals surface area contributed by atoms with Gasteiger partial charge in [-0.25, -0.2) is 5.14 Å². The molecule has 0 saturated carbocycles. The van der Waals surface area contributed by atoms with E-state index in [-0.39, 0.29) is 0 Å². The molecule has 0 amide bonds. The Balaban J connectivity index is 1.75. The van der Waals surface area contributed by atoms with Crippen molar-refractivity contribution in [3.63, 3.8) is 0 Å². The third-order valence-corrected chi connectivity index (χ3v) is 5.73. The third-order valence-electron chi connectivity index (χ3n) is 4.68. The van der Waals surface area contributed by atoms with Gasteiger partial charge in [-0.3, -0.25) is 4.98 Å². The molecule has 8 heteroatoms. The van der Waals surface area contributed by atoms with E-state index >= 15 is 0 Å². The van der Waals surface area contributed by atoms with E-state index in [0.29, 0.717) is 18.0 Å². The Labute approximate surface area is 147 Å². The highest BCUT2D eigenvalue weighted by Gasteiger charge is 2.30. The van der Waals surface area contributed by atoms with Crippen LogP contribution in [0, 0.1) is 24.2 Å². The molecule has 1 aliphatic heterocycles. The van der Waals surface area contributed by atoms with E-state index in [4.69, 9.17) is 5.14 Å². The number of aromatic nitrogens is 1. The van der Waals surface area contributed by atoms with Crippen LogP contribution >= 0.6 is 0 Å². The van der Waals surface area contributed by atoms with Gasteiger partial charge in [0.2, 0.25) is 0 Å². The summed E-state index contributed by atoms with van der Waals surface area (Å²) in [6.07, 6.45) is 2.37. The average Bonchev–Trinajstić information content (AvgIpc) is 2.51. The van der Waals surface area contributed by atoms with Crippen LogP contribution < -0.4 is 10.0 Å². The fourth-order valence-electron chi connectivity index (χ4n) is 3.14. The molecule has 0 atom stereocenters. The normalized spacial score (nSPS) is 15.4. The first-order valence-corrected chi connectivity index (χ1v) is 9.58. The standard InChI is InChI=1S/C17H21N5O2S/c1-12-3-4-15-16(7-12)20-9-14(8-18)17(15)22-10-13(11-22)5-6-21(2)25(19,23)24/h3-4,7,9,13H,5-6,10-11H2,1-2H3,(H2,19,23,24). The topological polar surface area (TPSA) is 103 Å². The second kappa shape index (κ2) is 6.59. The number of fused-ring (bicyclic) bond motifs is 1. The summed E-state index contributed by atoms with van der Waals surface area (Å²) in [5.74, 6) is 0.379. The van der Waals surface area contributed by atoms with Gasteiger partial charge in [0.1, 0.15) is 6.07 Å². The van der Waals surface area contributed by atoms with Gasteiger partial charge in [-0.1, -0.05) is 12.1 Å². The molecule has 1 aromatic heterocycles. The fraction of sp³-hybridized carbons (Fsp3) is 0.412. The second-order valence-corrected chi connectivity index (χ2v) is 8.23. The van der Waals surface area contributed by atoms with Gasteiger partial charge in [0.05, 0.1) is 16.8 Å². The maximum Gasteiger partial charge on any atom is 0.276 e. The van der Waals surface area contributed by atoms with Crippen LogP contribution in [0.5, 0.6) is 0 Å². The third kappa shape index (κ3) is 3.58. The predicted octanol–water partition coefficient (Wildman–Crippen LogP) is 1.38. The number of nitrogens with two attached hydrogens (primary N) is 1. The molecule has 2 heterocycles. The van der Waals surface area contributed by atoms with E-state index < -0.39 is 10.2 Å². The van der Waals surface area contributed by atoms with Crippen LogP contribution in [-0.4, -0.2) is 44.4 Å². The number of aryl methyl sites for hydroxylation is 1. The molecule has 2 aromatic rings. The first kappa shape index (κ1) is 17.6. The summed E-state index contributed by atoms with van der Waals surface area (Å²) in [4.78, 5) is 6.55. The summed E-state index contributed by atoms with van der Waals surface area (Å²) in [5, 5.41) is 15.5. The first-order valence-electron chi connectivity index (χ1n) is 8.08. The Morgan fingerprint density at radius 1 is 1.44 bits per heavy atom. The Kier molecular flexibility index (Phi) is 4.64. The number of pyridine rings is 1. The number of nitrogens with zero attached hydrogens (tertiary/aromatic N) is 4. The minimum atomic E-state index is -3.62. The van der Waals surface area contributed by atoms with E-state index in [1.54, 1.807) is 6.20 Å². The minimum absolute atomic E-state index is 0.379. The zero-order valence-corrected chi connectivity index (χ0v) is 15.1. The number of anilines is 1. The zero-order valence-electron chi connectivity index (χ0n) is 14.3. The van der Waals surface area contributed by atoms with Crippen LogP contribution in [0.3, 0.4) is 0 Å². The van der Waals surface area contributed by atoms with Crippen LogP contribution in [0.15, 0.2) is 24.4 Å². The number of hydrogen-bond acceptors (Lipinski definition) is 5. The van der Waals surface area contributed by atoms with Gasteiger partial charge in [0, 0.05) is 38.3 Å². The Morgan fingerprint density at radius 2 is 2.16 bits per heavy atom. The van der Waals surface area contributed by atoms with Crippen molar-refractivity contribution >= 4 is 26.8 Å². The summed E-state index contributed by atoms with van der Waals surface area (Å²) in [6.45, 7) is 4.00. The molecule has 0 spiro atoms. The molecule has 3 rings (SSSR count). The highest BCUT2D eigenvalue weighted by Crippen LogP contribution is 2.35. The van der Waals surface area contributed by atoms with E-state index in [0.717, 1.165) is 41.7 Å². The van der Waals surface area contributed by atoms with Gasteiger partial charge in [0.15, 0.2) is 0 Å². The smallest absolute Gasteiger partial charge is 0.276 e. The second-order valence-electron chi connectivity index (χ2n) is 6.58. The molecule has 132 valence electrons. The quantitative estimate of drug-likeness (QED) is 0.868. The van der Waals surface area contributed by atoms with Gasteiger partial charge >= 0.3 is 0 Å². The fourth-order valence-corrected chi connectivity index (χ4v) is 3.50. The lowest BCUT2D eigenvalue weighted by molar-refractivity contribution is 0.345. The molecule has 0 unspecified atom stereocenters. The molecule has 1 saturated heterocycles. The molecule has 2 N–H and O–H groups in total. The summed E-state index contributed by atoms with van der Waals surface area (Å²) in [5.41, 5.74) is 3.49. The Hall–Kier alpha value is -2.21. The molecule has 1 aliphatic rings. The van der Waals surface area contributed by atoms with E-state index in [1.807, 2.05) is 25.1 Å². The Morgan fingerprint density at radius 3 is 2.80 bits per heavy atom. The largest absolute Gasteiger partial charge is 0.369 e. The average molecular weight is 359 g/mol. The van der Waals surface area contributed by atoms with Crippen molar-refractivity contribution < 1.29 is 8.42 Å². The molecular formula is C17H21N5O2S. The highest BCUT2D eigenvalue weighted by atomic mass is 32.2. The number of nitriles is 1. The van der Waals surface area contributed by atoms with Crippen LogP contribution in [0.2, 0.25) is 0 Å². The molecule has 0 radical (unpaired) electrons. The van der Waals surface area contributed by atoms with Crippen LogP contribution in [0.4, 0.5) is 5.69 Å². The molecular weight excluding hydrogens is 338 g/mol. The van der Waals surface area contributed by atoms with Crippen LogP contribution in [0.25, 0.3) is 10.9 Å². The van der Waals surface area contributed by atoms with Crippen molar-refractivity contribution in [1.29, 1.82) is 5.26 Å². The maximum absolute atomic E-state index is 11.2. The lowest BCUT2D eigenvalue weighted by Gasteiger charge is -2.42. The SMILES string of the molecule is Cc1ccc2c(N3CC(CCN(C)S(N)(=O)=O)C3)c(C#N)cnc2c1. The van der Waals surface area contributed by atoms with Gasteiger partial charge < -0.3 is 4.90 Å². The van der Waals surface area contributed by atoms with Crippen molar-refractivity contribution in [3.05, 3.63) is 35.5 Å². The molecule has 7 nitrogen and oxygen atoms in total. The minimum Gasteiger partial charge on any atom is -0.369 e. The lowest BCUT2D eigenvalue weighted by Crippen LogP contribution is -2.48. The summed E-state index contributed by atoms with van der Waals surface area (Å²) < 4.78 is 23.7. The lowest BCUT2D eigenvalue weighted by atomic mass is 9.93. The molecule has 0 bridgehead atoms. The van der Waals surface area contributed by atoms with Crippen molar-refractivity contribution in [1.82, 2.24) is 9.29 Å². The number of hydrogen-bond donors (Lipinski definition) is 1. The van der Waals surface area contributed by atoms with E-state index in [9.17, 15) is 13.7 Å². The first-order chi connectivity index (χ1) is 11.8. The molecule has 1 fully saturated rings. The maximum atomic E-state index is 11.2. The van der Waals surface area contributed by atoms with Gasteiger partial charge in [-0.15, -0.1) is 0 Å². The molecule has 0 aliphatic carbocycles. The van der Waals surface area contributed by atoms with Gasteiger partial charge in [-0.2, -0.15) is 18.0 Å². The number of benzene rings is 1. The predicted molar refractivity (Wildman–Crippen MR) is 97.3 cm³/mol. The van der Waals surface area contributed by atoms with Crippen molar-refractivity contribution in [2.75, 3.05) is 31.6 Å². The summed E-state index contributed by atoms with van der Waals surface area (Å²) in [6, 6.07) is 8.27. The van der Waals surface area contributed by atoms with Crippen LogP contribution in [-0.2, 0) is 10.2 Å². The van der Waals surface area contributed by atoms with Gasteiger partial charge in [-0.05, 0) is 30.9 Å². The van der Waals surface area contributed by atoms with Crippen molar-refractivity contribution in [2.45, 2.75) is 13.3 Å². The van der Waals surface area contributed by atoms with E-state index in [2.05, 4.69) is 16.0 Å². The Bertz CT molecular complexity index is 945. The van der Waals surface area contributed by atoms with Crippen LogP contribution in [0.1, 0.15) is 17.5 Å². The van der Waals surface area contributed by atoms with E-state index in [1.165, 1.54) is 11.4 Å². The summed E-state index contributed by atoms with van der Waals surface area (Å²) >= 11 is 0. The number of rotatable bonds is 5. The van der Waals surface area contributed by atoms with Crippen molar-refractivity contribution in [2.24, 2.45) is 11.1 Å². The zero-order chi connectivity index (χ0) is 18.2. The van der Waals surface area contributed by atoms with Crippen molar-refractivity contribution in [3.8, 4) is 6.07 Å². The highest BCUT2D eigenvalue weighted by molar-refractivity contribution is 7.86. The molecule has 25 heavy (non-hydrogen) atoms. The monoisotopic (exact) mass is 359 g/mol. The molecule has 1 aromatic carbocycles. The van der Waals surface area contributed by atoms with Gasteiger partial charge in [0.25, 0.3) is 10.2 Å². The summed E-state index contributed by atoms with van der Waals surface area (Å²) in [7, 11) is -2.14.